The molecule has 0 radical (unpaired) electrons. The van der Waals surface area contributed by atoms with Crippen LogP contribution in [0.15, 0.2) is 60.7 Å². The van der Waals surface area contributed by atoms with E-state index in [1.165, 1.54) is 19.2 Å². The smallest absolute Gasteiger partial charge is 0.337 e. The summed E-state index contributed by atoms with van der Waals surface area (Å²) < 4.78 is 4.65. The van der Waals surface area contributed by atoms with Crippen LogP contribution in [0.5, 0.6) is 0 Å². The number of ether oxygens (including phenoxy) is 1. The van der Waals surface area contributed by atoms with Gasteiger partial charge in [0.05, 0.1) is 29.5 Å². The third-order valence-corrected chi connectivity index (χ3v) is 4.30. The molecule has 5 heteroatoms. The van der Waals surface area contributed by atoms with Crippen LogP contribution in [0, 0.1) is 0 Å². The van der Waals surface area contributed by atoms with E-state index in [-0.39, 0.29) is 11.8 Å². The zero-order chi connectivity index (χ0) is 17.6. The molecule has 0 aliphatic carbocycles. The summed E-state index contributed by atoms with van der Waals surface area (Å²) in [6.45, 7) is 0. The second-order valence-electron chi connectivity index (χ2n) is 5.73. The van der Waals surface area contributed by atoms with Crippen molar-refractivity contribution in [2.75, 3.05) is 12.0 Å². The Morgan fingerprint density at radius 2 is 1.36 bits per heavy atom. The standard InChI is InChI=1S/C20H13NO4/c1-25-20(24)12-6-8-15(9-7-12)21-18(22)16-10-13-4-2-3-5-14(13)11-17(16)19(21)23/h2-11H,1H3. The lowest BCUT2D eigenvalue weighted by Crippen LogP contribution is -2.29. The number of carbonyl (C=O) groups excluding carboxylic acids is 3. The van der Waals surface area contributed by atoms with Gasteiger partial charge in [-0.25, -0.2) is 9.69 Å². The largest absolute Gasteiger partial charge is 0.465 e. The Morgan fingerprint density at radius 3 is 1.84 bits per heavy atom. The third kappa shape index (κ3) is 2.29. The number of fused-ring (bicyclic) bond motifs is 2. The number of nitrogens with zero attached hydrogens (tertiary/aromatic N) is 1. The molecule has 1 aliphatic heterocycles. The van der Waals surface area contributed by atoms with Gasteiger partial charge in [0.15, 0.2) is 0 Å². The molecule has 0 fully saturated rings. The average molecular weight is 331 g/mol. The summed E-state index contributed by atoms with van der Waals surface area (Å²) in [5, 5.41) is 1.82. The summed E-state index contributed by atoms with van der Waals surface area (Å²) in [6, 6.07) is 17.3. The topological polar surface area (TPSA) is 63.7 Å². The van der Waals surface area contributed by atoms with Gasteiger partial charge >= 0.3 is 5.97 Å². The molecule has 0 N–H and O–H groups in total. The van der Waals surface area contributed by atoms with E-state index in [4.69, 9.17) is 0 Å². The second-order valence-corrected chi connectivity index (χ2v) is 5.73. The van der Waals surface area contributed by atoms with Crippen LogP contribution in [0.2, 0.25) is 0 Å². The Morgan fingerprint density at radius 1 is 0.840 bits per heavy atom. The lowest BCUT2D eigenvalue weighted by atomic mass is 10.0. The third-order valence-electron chi connectivity index (χ3n) is 4.30. The van der Waals surface area contributed by atoms with Crippen molar-refractivity contribution in [1.82, 2.24) is 0 Å². The number of anilines is 1. The Kier molecular flexibility index (Phi) is 3.35. The van der Waals surface area contributed by atoms with Crippen molar-refractivity contribution in [2.45, 2.75) is 0 Å². The predicted octanol–water partition coefficient (Wildman–Crippen LogP) is 3.43. The van der Waals surface area contributed by atoms with Gasteiger partial charge in [-0.15, -0.1) is 0 Å². The first-order valence-corrected chi connectivity index (χ1v) is 7.70. The van der Waals surface area contributed by atoms with Gasteiger partial charge in [-0.3, -0.25) is 9.59 Å². The van der Waals surface area contributed by atoms with Gasteiger partial charge in [-0.2, -0.15) is 0 Å². The number of esters is 1. The van der Waals surface area contributed by atoms with Gasteiger partial charge in [-0.1, -0.05) is 24.3 Å². The van der Waals surface area contributed by atoms with Crippen LogP contribution < -0.4 is 4.90 Å². The molecule has 4 rings (SSSR count). The number of benzene rings is 3. The summed E-state index contributed by atoms with van der Waals surface area (Å²) in [5.74, 6) is -1.20. The number of amides is 2. The molecule has 3 aromatic carbocycles. The quantitative estimate of drug-likeness (QED) is 0.533. The summed E-state index contributed by atoms with van der Waals surface area (Å²) in [4.78, 5) is 38.1. The van der Waals surface area contributed by atoms with Crippen LogP contribution in [0.25, 0.3) is 10.8 Å². The average Bonchev–Trinajstić information content (AvgIpc) is 2.89. The number of hydrogen-bond acceptors (Lipinski definition) is 4. The van der Waals surface area contributed by atoms with Crippen LogP contribution in [0.3, 0.4) is 0 Å². The molecular weight excluding hydrogens is 318 g/mol. The molecule has 0 unspecified atom stereocenters. The minimum Gasteiger partial charge on any atom is -0.465 e. The first-order valence-electron chi connectivity index (χ1n) is 7.70. The van der Waals surface area contributed by atoms with Gasteiger partial charge in [0.1, 0.15) is 0 Å². The molecular formula is C20H13NO4. The van der Waals surface area contributed by atoms with E-state index in [1.807, 2.05) is 24.3 Å². The van der Waals surface area contributed by atoms with Gasteiger partial charge < -0.3 is 4.74 Å². The SMILES string of the molecule is COC(=O)c1ccc(N2C(=O)c3cc4ccccc4cc3C2=O)cc1. The van der Waals surface area contributed by atoms with E-state index in [1.54, 1.807) is 24.3 Å². The molecule has 25 heavy (non-hydrogen) atoms. The Bertz CT molecular complexity index is 983. The van der Waals surface area contributed by atoms with Crippen LogP contribution in [-0.2, 0) is 4.74 Å². The summed E-state index contributed by atoms with van der Waals surface area (Å²) in [7, 11) is 1.30. The molecule has 2 amide bonds. The first-order chi connectivity index (χ1) is 12.1. The zero-order valence-corrected chi connectivity index (χ0v) is 13.4. The lowest BCUT2D eigenvalue weighted by molar-refractivity contribution is 0.0600. The molecule has 1 aliphatic rings. The van der Waals surface area contributed by atoms with E-state index < -0.39 is 5.97 Å². The van der Waals surface area contributed by atoms with Crippen molar-refractivity contribution in [3.8, 4) is 0 Å². The van der Waals surface area contributed by atoms with E-state index >= 15 is 0 Å². The Labute approximate surface area is 143 Å². The van der Waals surface area contributed by atoms with Crippen LogP contribution in [-0.4, -0.2) is 24.9 Å². The molecule has 0 saturated carbocycles. The molecule has 5 nitrogen and oxygen atoms in total. The van der Waals surface area contributed by atoms with Crippen molar-refractivity contribution in [3.63, 3.8) is 0 Å². The number of hydrogen-bond donors (Lipinski definition) is 0. The molecule has 0 aromatic heterocycles. The molecule has 0 saturated heterocycles. The maximum absolute atomic E-state index is 12.7. The number of rotatable bonds is 2. The van der Waals surface area contributed by atoms with Crippen molar-refractivity contribution in [3.05, 3.63) is 77.4 Å². The zero-order valence-electron chi connectivity index (χ0n) is 13.4. The van der Waals surface area contributed by atoms with Gasteiger partial charge in [-0.05, 0) is 47.2 Å². The first kappa shape index (κ1) is 15.1. The normalized spacial score (nSPS) is 13.2. The second kappa shape index (κ2) is 5.56. The number of methoxy groups -OCH3 is 1. The maximum Gasteiger partial charge on any atom is 0.337 e. The van der Waals surface area contributed by atoms with E-state index in [0.717, 1.165) is 15.7 Å². The fourth-order valence-electron chi connectivity index (χ4n) is 3.03. The fraction of sp³-hybridized carbons (Fsp3) is 0.0500. The molecule has 1 heterocycles. The fourth-order valence-corrected chi connectivity index (χ4v) is 3.03. The van der Waals surface area contributed by atoms with Gasteiger partial charge in [0, 0.05) is 0 Å². The van der Waals surface area contributed by atoms with Crippen molar-refractivity contribution in [1.29, 1.82) is 0 Å². The Balaban J connectivity index is 1.77. The molecule has 0 bridgehead atoms. The highest BCUT2D eigenvalue weighted by Gasteiger charge is 2.36. The summed E-state index contributed by atoms with van der Waals surface area (Å²) >= 11 is 0. The van der Waals surface area contributed by atoms with E-state index in [2.05, 4.69) is 4.74 Å². The lowest BCUT2D eigenvalue weighted by Gasteiger charge is -2.14. The highest BCUT2D eigenvalue weighted by atomic mass is 16.5. The minimum atomic E-state index is -0.472. The highest BCUT2D eigenvalue weighted by molar-refractivity contribution is 6.35. The number of carbonyl (C=O) groups is 3. The van der Waals surface area contributed by atoms with Crippen LogP contribution >= 0.6 is 0 Å². The molecule has 3 aromatic rings. The summed E-state index contributed by atoms with van der Waals surface area (Å²) in [5.41, 5.74) is 1.55. The maximum atomic E-state index is 12.7. The Hall–Kier alpha value is -3.47. The van der Waals surface area contributed by atoms with Crippen molar-refractivity contribution >= 4 is 34.2 Å². The van der Waals surface area contributed by atoms with Crippen molar-refractivity contribution in [2.24, 2.45) is 0 Å². The van der Waals surface area contributed by atoms with E-state index in [0.29, 0.717) is 22.4 Å². The highest BCUT2D eigenvalue weighted by Crippen LogP contribution is 2.31. The van der Waals surface area contributed by atoms with Gasteiger partial charge in [0.25, 0.3) is 11.8 Å². The molecule has 122 valence electrons. The monoisotopic (exact) mass is 331 g/mol. The van der Waals surface area contributed by atoms with E-state index in [9.17, 15) is 14.4 Å². The number of imide groups is 1. The van der Waals surface area contributed by atoms with Crippen molar-refractivity contribution < 1.29 is 19.1 Å². The molecule has 0 atom stereocenters. The van der Waals surface area contributed by atoms with Crippen LogP contribution in [0.4, 0.5) is 5.69 Å². The van der Waals surface area contributed by atoms with Gasteiger partial charge in [0.2, 0.25) is 0 Å². The minimum absolute atomic E-state index is 0.355. The predicted molar refractivity (Wildman–Crippen MR) is 92.9 cm³/mol. The van der Waals surface area contributed by atoms with Crippen LogP contribution in [0.1, 0.15) is 31.1 Å². The molecule has 0 spiro atoms. The summed E-state index contributed by atoms with van der Waals surface area (Å²) in [6.07, 6.45) is 0.